The summed E-state index contributed by atoms with van der Waals surface area (Å²) in [6, 6.07) is 9.94. The number of benzene rings is 1. The summed E-state index contributed by atoms with van der Waals surface area (Å²) in [6.45, 7) is 0. The molecule has 1 fully saturated rings. The van der Waals surface area contributed by atoms with Gasteiger partial charge in [-0.1, -0.05) is 54.6 Å². The number of nitrogens with one attached hydrogen (secondary N) is 1. The summed E-state index contributed by atoms with van der Waals surface area (Å²) in [6.07, 6.45) is 9.90. The van der Waals surface area contributed by atoms with Crippen molar-refractivity contribution in [3.8, 4) is 0 Å². The lowest BCUT2D eigenvalue weighted by atomic mass is 9.89. The Hall–Kier alpha value is -2.00. The van der Waals surface area contributed by atoms with Crippen LogP contribution in [-0.4, -0.2) is 54.2 Å². The van der Waals surface area contributed by atoms with E-state index in [1.54, 1.807) is 6.08 Å². The van der Waals surface area contributed by atoms with Gasteiger partial charge in [-0.2, -0.15) is 0 Å². The number of sulfonamides is 1. The van der Waals surface area contributed by atoms with E-state index in [4.69, 9.17) is 0 Å². The second-order valence-electron chi connectivity index (χ2n) is 8.48. The van der Waals surface area contributed by atoms with Gasteiger partial charge in [0.05, 0.1) is 24.6 Å². The van der Waals surface area contributed by atoms with Gasteiger partial charge in [0, 0.05) is 18.8 Å². The summed E-state index contributed by atoms with van der Waals surface area (Å²) in [7, 11) is -3.52. The third-order valence-electron chi connectivity index (χ3n) is 5.69. The number of amides is 1. The lowest BCUT2D eigenvalue weighted by molar-refractivity contribution is -0.119. The SMILES string of the molecule is CS(=O)(=O)NC(=O)CCCC=CC[C@@H]1[C@@H](C=CC(O)CCc2ccccc2)[C@H](O)C[C@@H]1O. The highest BCUT2D eigenvalue weighted by Crippen LogP contribution is 2.36. The van der Waals surface area contributed by atoms with E-state index < -0.39 is 34.2 Å². The number of carbonyl (C=O) groups excluding carboxylic acids is 1. The van der Waals surface area contributed by atoms with Crippen LogP contribution in [0.4, 0.5) is 0 Å². The molecule has 0 bridgehead atoms. The summed E-state index contributed by atoms with van der Waals surface area (Å²) in [5, 5.41) is 30.9. The Bertz CT molecular complexity index is 868. The summed E-state index contributed by atoms with van der Waals surface area (Å²) in [4.78, 5) is 11.5. The van der Waals surface area contributed by atoms with Crippen LogP contribution in [0.3, 0.4) is 0 Å². The first-order chi connectivity index (χ1) is 15.2. The van der Waals surface area contributed by atoms with Crippen molar-refractivity contribution < 1.29 is 28.5 Å². The standard InChI is InChI=1S/C24H35NO6S/c1-32(30,31)25-24(29)12-8-3-2-7-11-20-21(23(28)17-22(20)27)16-15-19(26)14-13-18-9-5-4-6-10-18/h2,4-7,9-10,15-16,19-23,26-28H,3,8,11-14,17H2,1H3,(H,25,29)/t19?,20-,21-,22+,23-/m1/s1. The van der Waals surface area contributed by atoms with E-state index >= 15 is 0 Å². The van der Waals surface area contributed by atoms with E-state index in [1.807, 2.05) is 53.3 Å². The number of aliphatic hydroxyl groups excluding tert-OH is 3. The molecule has 1 aliphatic carbocycles. The lowest BCUT2D eigenvalue weighted by Gasteiger charge is -2.19. The minimum absolute atomic E-state index is 0.119. The van der Waals surface area contributed by atoms with Crippen molar-refractivity contribution in [2.45, 2.75) is 63.3 Å². The monoisotopic (exact) mass is 465 g/mol. The van der Waals surface area contributed by atoms with Gasteiger partial charge in [0.1, 0.15) is 0 Å². The number of hydrogen-bond donors (Lipinski definition) is 4. The Morgan fingerprint density at radius 2 is 1.91 bits per heavy atom. The van der Waals surface area contributed by atoms with E-state index in [2.05, 4.69) is 0 Å². The quantitative estimate of drug-likeness (QED) is 0.277. The topological polar surface area (TPSA) is 124 Å². The molecule has 1 aliphatic rings. The first-order valence-corrected chi connectivity index (χ1v) is 13.0. The van der Waals surface area contributed by atoms with Gasteiger partial charge in [0.2, 0.25) is 15.9 Å². The third kappa shape index (κ3) is 9.65. The fraction of sp³-hybridized carbons (Fsp3) is 0.542. The Labute approximate surface area is 190 Å². The molecule has 0 radical (unpaired) electrons. The highest BCUT2D eigenvalue weighted by molar-refractivity contribution is 7.89. The molecule has 8 heteroatoms. The van der Waals surface area contributed by atoms with Crippen LogP contribution in [0.2, 0.25) is 0 Å². The predicted molar refractivity (Wildman–Crippen MR) is 124 cm³/mol. The van der Waals surface area contributed by atoms with Crippen LogP contribution < -0.4 is 4.72 Å². The van der Waals surface area contributed by atoms with Crippen molar-refractivity contribution in [2.75, 3.05) is 6.26 Å². The molecule has 7 nitrogen and oxygen atoms in total. The number of rotatable bonds is 12. The molecule has 2 rings (SSSR count). The molecule has 4 N–H and O–H groups in total. The molecule has 0 aliphatic heterocycles. The minimum Gasteiger partial charge on any atom is -0.393 e. The van der Waals surface area contributed by atoms with Crippen LogP contribution in [-0.2, 0) is 21.2 Å². The Morgan fingerprint density at radius 1 is 1.19 bits per heavy atom. The zero-order valence-corrected chi connectivity index (χ0v) is 19.3. The van der Waals surface area contributed by atoms with Crippen LogP contribution in [0.15, 0.2) is 54.6 Å². The van der Waals surface area contributed by atoms with E-state index in [-0.39, 0.29) is 18.3 Å². The van der Waals surface area contributed by atoms with Gasteiger partial charge in [-0.05, 0) is 43.6 Å². The Morgan fingerprint density at radius 3 is 2.59 bits per heavy atom. The summed E-state index contributed by atoms with van der Waals surface area (Å²) < 4.78 is 23.9. The summed E-state index contributed by atoms with van der Waals surface area (Å²) in [5.41, 5.74) is 1.16. The summed E-state index contributed by atoms with van der Waals surface area (Å²) in [5.74, 6) is -0.903. The van der Waals surface area contributed by atoms with Crippen LogP contribution >= 0.6 is 0 Å². The van der Waals surface area contributed by atoms with Gasteiger partial charge in [-0.25, -0.2) is 8.42 Å². The molecule has 178 valence electrons. The number of hydrogen-bond acceptors (Lipinski definition) is 6. The van der Waals surface area contributed by atoms with E-state index in [1.165, 1.54) is 0 Å². The highest BCUT2D eigenvalue weighted by atomic mass is 32.2. The van der Waals surface area contributed by atoms with Gasteiger partial charge in [-0.15, -0.1) is 0 Å². The average molecular weight is 466 g/mol. The van der Waals surface area contributed by atoms with Gasteiger partial charge in [0.15, 0.2) is 0 Å². The van der Waals surface area contributed by atoms with E-state index in [9.17, 15) is 28.5 Å². The molecule has 1 saturated carbocycles. The first-order valence-electron chi connectivity index (χ1n) is 11.1. The molecule has 0 aromatic heterocycles. The maximum Gasteiger partial charge on any atom is 0.233 e. The molecule has 0 saturated heterocycles. The van der Waals surface area contributed by atoms with Crippen LogP contribution in [0.25, 0.3) is 0 Å². The molecule has 0 spiro atoms. The van der Waals surface area contributed by atoms with Crippen LogP contribution in [0.5, 0.6) is 0 Å². The van der Waals surface area contributed by atoms with E-state index in [0.717, 1.165) is 18.2 Å². The number of aliphatic hydroxyl groups is 3. The smallest absolute Gasteiger partial charge is 0.233 e. The fourth-order valence-corrected chi connectivity index (χ4v) is 4.54. The number of carbonyl (C=O) groups is 1. The second kappa shape index (κ2) is 12.9. The lowest BCUT2D eigenvalue weighted by Crippen LogP contribution is -2.28. The van der Waals surface area contributed by atoms with Crippen molar-refractivity contribution in [3.05, 3.63) is 60.2 Å². The zero-order chi connectivity index (χ0) is 23.6. The fourth-order valence-electron chi connectivity index (χ4n) is 4.03. The first kappa shape index (κ1) is 26.3. The van der Waals surface area contributed by atoms with Crippen molar-refractivity contribution in [3.63, 3.8) is 0 Å². The minimum atomic E-state index is -3.52. The molecule has 5 atom stereocenters. The van der Waals surface area contributed by atoms with E-state index in [0.29, 0.717) is 32.1 Å². The number of unbranched alkanes of at least 4 members (excludes halogenated alkanes) is 1. The normalized spacial score (nSPS) is 24.9. The van der Waals surface area contributed by atoms with Gasteiger partial charge >= 0.3 is 0 Å². The predicted octanol–water partition coefficient (Wildman–Crippen LogP) is 2.09. The van der Waals surface area contributed by atoms with Crippen LogP contribution in [0.1, 0.15) is 44.1 Å². The Kier molecular flexibility index (Phi) is 10.6. The summed E-state index contributed by atoms with van der Waals surface area (Å²) >= 11 is 0. The highest BCUT2D eigenvalue weighted by Gasteiger charge is 2.39. The third-order valence-corrected chi connectivity index (χ3v) is 6.29. The van der Waals surface area contributed by atoms with Crippen molar-refractivity contribution in [1.29, 1.82) is 0 Å². The molecule has 32 heavy (non-hydrogen) atoms. The maximum atomic E-state index is 11.5. The molecule has 1 unspecified atom stereocenters. The van der Waals surface area contributed by atoms with Crippen LogP contribution in [0, 0.1) is 11.8 Å². The molecule has 0 heterocycles. The number of aryl methyl sites for hydroxylation is 1. The molecule has 1 aromatic carbocycles. The van der Waals surface area contributed by atoms with Crippen molar-refractivity contribution >= 4 is 15.9 Å². The second-order valence-corrected chi connectivity index (χ2v) is 10.2. The zero-order valence-electron chi connectivity index (χ0n) is 18.5. The van der Waals surface area contributed by atoms with Crippen molar-refractivity contribution in [1.82, 2.24) is 4.72 Å². The van der Waals surface area contributed by atoms with Gasteiger partial charge in [0.25, 0.3) is 0 Å². The Balaban J connectivity index is 1.77. The molecular formula is C24H35NO6S. The van der Waals surface area contributed by atoms with Gasteiger partial charge in [-0.3, -0.25) is 9.52 Å². The average Bonchev–Trinajstić information content (AvgIpc) is 2.99. The van der Waals surface area contributed by atoms with Gasteiger partial charge < -0.3 is 15.3 Å². The maximum absolute atomic E-state index is 11.5. The largest absolute Gasteiger partial charge is 0.393 e. The molecular weight excluding hydrogens is 430 g/mol. The van der Waals surface area contributed by atoms with Crippen molar-refractivity contribution in [2.24, 2.45) is 11.8 Å². The number of allylic oxidation sites excluding steroid dienone is 2. The molecule has 1 aromatic rings. The molecule has 1 amide bonds.